The second-order valence-electron chi connectivity index (χ2n) is 2.50. The largest absolute Gasteiger partial charge is 0.299 e. The van der Waals surface area contributed by atoms with Crippen LogP contribution in [-0.4, -0.2) is 10.8 Å². The zero-order valence-corrected chi connectivity index (χ0v) is 7.50. The number of pyridine rings is 1. The maximum absolute atomic E-state index is 10.9. The molecule has 0 radical (unpaired) electrons. The Morgan fingerprint density at radius 2 is 2.08 bits per heavy atom. The second kappa shape index (κ2) is 4.00. The molecule has 0 unspecified atom stereocenters. The fraction of sp³-hybridized carbons (Fsp3) is 0.400. The minimum atomic E-state index is 0.286. The zero-order chi connectivity index (χ0) is 8.97. The lowest BCUT2D eigenvalue weighted by Gasteiger charge is -1.90. The Labute approximate surface area is 72.6 Å². The summed E-state index contributed by atoms with van der Waals surface area (Å²) in [6, 6.07) is 3.84. The maximum Gasteiger partial charge on any atom is 0.143 e. The van der Waals surface area contributed by atoms with Gasteiger partial charge in [0.05, 0.1) is 5.69 Å². The van der Waals surface area contributed by atoms with Crippen molar-refractivity contribution in [3.8, 4) is 0 Å². The molecular weight excluding hydrogens is 150 g/mol. The summed E-state index contributed by atoms with van der Waals surface area (Å²) in [7, 11) is 0. The van der Waals surface area contributed by atoms with Crippen molar-refractivity contribution in [2.45, 2.75) is 26.7 Å². The molecule has 0 bridgehead atoms. The first-order valence-corrected chi connectivity index (χ1v) is 4.31. The van der Waals surface area contributed by atoms with Crippen LogP contribution in [-0.2, 0) is 17.6 Å². The van der Waals surface area contributed by atoms with Crippen LogP contribution in [0.1, 0.15) is 25.1 Å². The lowest BCUT2D eigenvalue weighted by Crippen LogP contribution is -1.93. The van der Waals surface area contributed by atoms with Crippen LogP contribution in [0.4, 0.5) is 0 Å². The number of carbonyl (C=O) groups is 1. The van der Waals surface area contributed by atoms with Crippen molar-refractivity contribution in [1.29, 1.82) is 0 Å². The van der Waals surface area contributed by atoms with E-state index in [1.165, 1.54) is 0 Å². The van der Waals surface area contributed by atoms with Crippen LogP contribution < -0.4 is 0 Å². The Morgan fingerprint density at radius 1 is 1.33 bits per heavy atom. The van der Waals surface area contributed by atoms with E-state index in [9.17, 15) is 4.79 Å². The fourth-order valence-corrected chi connectivity index (χ4v) is 1.25. The summed E-state index contributed by atoms with van der Waals surface area (Å²) >= 11 is 0. The molecule has 1 aromatic heterocycles. The predicted octanol–water partition coefficient (Wildman–Crippen LogP) is 1.78. The van der Waals surface area contributed by atoms with Crippen molar-refractivity contribution < 1.29 is 4.79 Å². The van der Waals surface area contributed by atoms with Crippen molar-refractivity contribution in [2.24, 2.45) is 0 Å². The topological polar surface area (TPSA) is 30.0 Å². The third kappa shape index (κ3) is 1.70. The lowest BCUT2D eigenvalue weighted by atomic mass is 10.2. The fourth-order valence-electron chi connectivity index (χ4n) is 1.25. The average Bonchev–Trinajstić information content (AvgIpc) is 2.48. The molecule has 2 nitrogen and oxygen atoms in total. The number of hydrogen-bond donors (Lipinski definition) is 0. The number of nitrogens with zero attached hydrogens (tertiary/aromatic N) is 1. The van der Waals surface area contributed by atoms with Crippen LogP contribution in [0.5, 0.6) is 0 Å². The number of ketones is 1. The highest BCUT2D eigenvalue weighted by molar-refractivity contribution is 5.87. The van der Waals surface area contributed by atoms with Crippen molar-refractivity contribution in [3.05, 3.63) is 29.6 Å². The van der Waals surface area contributed by atoms with E-state index in [4.69, 9.17) is 0 Å². The van der Waals surface area contributed by atoms with Gasteiger partial charge in [-0.05, 0) is 11.6 Å². The molecule has 1 aliphatic rings. The number of carbonyl (C=O) groups excluding carboxylic acids is 1. The van der Waals surface area contributed by atoms with Crippen LogP contribution in [0, 0.1) is 0 Å². The SMILES string of the molecule is CC.O=C1Cc2cccnc2C1. The molecule has 2 rings (SSSR count). The monoisotopic (exact) mass is 163 g/mol. The second-order valence-corrected chi connectivity index (χ2v) is 2.50. The highest BCUT2D eigenvalue weighted by atomic mass is 16.1. The lowest BCUT2D eigenvalue weighted by molar-refractivity contribution is -0.117. The summed E-state index contributed by atoms with van der Waals surface area (Å²) in [6.45, 7) is 4.00. The van der Waals surface area contributed by atoms with E-state index in [1.54, 1.807) is 6.20 Å². The molecule has 0 atom stereocenters. The van der Waals surface area contributed by atoms with Gasteiger partial charge >= 0.3 is 0 Å². The highest BCUT2D eigenvalue weighted by Gasteiger charge is 2.17. The smallest absolute Gasteiger partial charge is 0.143 e. The summed E-state index contributed by atoms with van der Waals surface area (Å²) < 4.78 is 0. The minimum Gasteiger partial charge on any atom is -0.299 e. The first-order valence-electron chi connectivity index (χ1n) is 4.31. The van der Waals surface area contributed by atoms with Gasteiger partial charge in [0.2, 0.25) is 0 Å². The zero-order valence-electron chi connectivity index (χ0n) is 7.50. The quantitative estimate of drug-likeness (QED) is 0.583. The molecule has 0 saturated carbocycles. The molecule has 1 heterocycles. The first kappa shape index (κ1) is 8.91. The highest BCUT2D eigenvalue weighted by Crippen LogP contribution is 2.15. The molecule has 0 aliphatic heterocycles. The van der Waals surface area contributed by atoms with Crippen LogP contribution in [0.2, 0.25) is 0 Å². The van der Waals surface area contributed by atoms with E-state index >= 15 is 0 Å². The van der Waals surface area contributed by atoms with Gasteiger partial charge in [-0.3, -0.25) is 9.78 Å². The van der Waals surface area contributed by atoms with Crippen LogP contribution in [0.15, 0.2) is 18.3 Å². The third-order valence-electron chi connectivity index (χ3n) is 1.74. The Bertz CT molecular complexity index is 254. The van der Waals surface area contributed by atoms with E-state index in [0.29, 0.717) is 12.8 Å². The number of Topliss-reactive ketones (excluding diaryl/α,β-unsaturated/α-hetero) is 1. The van der Waals surface area contributed by atoms with Crippen LogP contribution in [0.3, 0.4) is 0 Å². The van der Waals surface area contributed by atoms with Crippen molar-refractivity contribution >= 4 is 5.78 Å². The molecule has 0 fully saturated rings. The van der Waals surface area contributed by atoms with E-state index in [2.05, 4.69) is 4.98 Å². The Morgan fingerprint density at radius 3 is 2.75 bits per heavy atom. The number of hydrogen-bond acceptors (Lipinski definition) is 2. The van der Waals surface area contributed by atoms with E-state index in [-0.39, 0.29) is 5.78 Å². The van der Waals surface area contributed by atoms with Crippen molar-refractivity contribution in [1.82, 2.24) is 4.98 Å². The van der Waals surface area contributed by atoms with E-state index < -0.39 is 0 Å². The number of aromatic nitrogens is 1. The normalized spacial score (nSPS) is 13.3. The van der Waals surface area contributed by atoms with Gasteiger partial charge in [-0.2, -0.15) is 0 Å². The molecule has 0 aromatic carbocycles. The van der Waals surface area contributed by atoms with Crippen molar-refractivity contribution in [2.75, 3.05) is 0 Å². The third-order valence-corrected chi connectivity index (χ3v) is 1.74. The minimum absolute atomic E-state index is 0.286. The molecule has 1 aromatic rings. The summed E-state index contributed by atoms with van der Waals surface area (Å²) in [4.78, 5) is 14.9. The molecule has 2 heteroatoms. The van der Waals surface area contributed by atoms with Gasteiger partial charge in [0.15, 0.2) is 0 Å². The van der Waals surface area contributed by atoms with Crippen LogP contribution in [0.25, 0.3) is 0 Å². The molecular formula is C10H13NO. The standard InChI is InChI=1S/C8H7NO.C2H6/c10-7-4-6-2-1-3-9-8(6)5-7;1-2/h1-3H,4-5H2;1-2H3. The molecule has 64 valence electrons. The van der Waals surface area contributed by atoms with Gasteiger partial charge in [0.1, 0.15) is 5.78 Å². The van der Waals surface area contributed by atoms with E-state index in [1.807, 2.05) is 26.0 Å². The summed E-state index contributed by atoms with van der Waals surface area (Å²) in [5.41, 5.74) is 2.07. The summed E-state index contributed by atoms with van der Waals surface area (Å²) in [5.74, 6) is 0.286. The average molecular weight is 163 g/mol. The summed E-state index contributed by atoms with van der Waals surface area (Å²) in [6.07, 6.45) is 2.86. The Balaban J connectivity index is 0.000000336. The van der Waals surface area contributed by atoms with Gasteiger partial charge in [0, 0.05) is 19.0 Å². The predicted molar refractivity (Wildman–Crippen MR) is 48.0 cm³/mol. The first-order chi connectivity index (χ1) is 5.86. The molecule has 1 aliphatic carbocycles. The Kier molecular flexibility index (Phi) is 2.97. The molecule has 0 saturated heterocycles. The van der Waals surface area contributed by atoms with Gasteiger partial charge in [-0.1, -0.05) is 19.9 Å². The number of fused-ring (bicyclic) bond motifs is 1. The number of rotatable bonds is 0. The van der Waals surface area contributed by atoms with Crippen LogP contribution >= 0.6 is 0 Å². The van der Waals surface area contributed by atoms with Gasteiger partial charge < -0.3 is 0 Å². The molecule has 0 amide bonds. The Hall–Kier alpha value is -1.18. The summed E-state index contributed by atoms with van der Waals surface area (Å²) in [5, 5.41) is 0. The van der Waals surface area contributed by atoms with Gasteiger partial charge in [-0.15, -0.1) is 0 Å². The maximum atomic E-state index is 10.9. The molecule has 0 spiro atoms. The molecule has 12 heavy (non-hydrogen) atoms. The van der Waals surface area contributed by atoms with E-state index in [0.717, 1.165) is 11.3 Å². The van der Waals surface area contributed by atoms with Gasteiger partial charge in [-0.25, -0.2) is 0 Å². The van der Waals surface area contributed by atoms with Crippen molar-refractivity contribution in [3.63, 3.8) is 0 Å². The van der Waals surface area contributed by atoms with Gasteiger partial charge in [0.25, 0.3) is 0 Å². The molecule has 0 N–H and O–H groups in total.